The summed E-state index contributed by atoms with van der Waals surface area (Å²) in [5, 5.41) is 0.842. The molecule has 5 nitrogen and oxygen atoms in total. The van der Waals surface area contributed by atoms with E-state index >= 15 is 0 Å². The molecule has 0 aliphatic heterocycles. The molecule has 0 spiro atoms. The van der Waals surface area contributed by atoms with Gasteiger partial charge in [0.15, 0.2) is 28.8 Å². The first-order valence-electron chi connectivity index (χ1n) is 9.20. The van der Waals surface area contributed by atoms with E-state index in [9.17, 15) is 4.79 Å². The average Bonchev–Trinajstić information content (AvgIpc) is 3.06. The molecule has 1 aliphatic rings. The Morgan fingerprint density at radius 3 is 1.43 bits per heavy atom. The van der Waals surface area contributed by atoms with Crippen molar-refractivity contribution in [2.75, 3.05) is 28.4 Å². The molecule has 0 saturated heterocycles. The van der Waals surface area contributed by atoms with Crippen molar-refractivity contribution in [3.8, 4) is 23.0 Å². The number of benzene rings is 2. The van der Waals surface area contributed by atoms with Gasteiger partial charge in [0, 0.05) is 11.1 Å². The van der Waals surface area contributed by atoms with Crippen LogP contribution < -0.4 is 18.9 Å². The lowest BCUT2D eigenvalue weighted by molar-refractivity contribution is -0.111. The summed E-state index contributed by atoms with van der Waals surface area (Å²) in [4.78, 5) is 12.9. The van der Waals surface area contributed by atoms with Gasteiger partial charge in [0.25, 0.3) is 0 Å². The Hall–Kier alpha value is -2.63. The van der Waals surface area contributed by atoms with Gasteiger partial charge in [-0.15, -0.1) is 0 Å². The number of halogens is 2. The lowest BCUT2D eigenvalue weighted by Crippen LogP contribution is -1.97. The normalized spacial score (nSPS) is 16.3. The van der Waals surface area contributed by atoms with Crippen molar-refractivity contribution in [2.24, 2.45) is 0 Å². The summed E-state index contributed by atoms with van der Waals surface area (Å²) >= 11 is 12.5. The van der Waals surface area contributed by atoms with Crippen molar-refractivity contribution < 1.29 is 23.7 Å². The minimum atomic E-state index is -0.00758. The molecule has 0 unspecified atom stereocenters. The van der Waals surface area contributed by atoms with Crippen LogP contribution in [0.15, 0.2) is 35.4 Å². The molecule has 0 heterocycles. The van der Waals surface area contributed by atoms with Gasteiger partial charge in [0.2, 0.25) is 0 Å². The number of rotatable bonds is 6. The van der Waals surface area contributed by atoms with Crippen LogP contribution in [0.4, 0.5) is 0 Å². The number of Topliss-reactive ketones (excluding diaryl/α,β-unsaturated/α-hetero) is 1. The summed E-state index contributed by atoms with van der Waals surface area (Å²) in [5.41, 5.74) is 2.96. The van der Waals surface area contributed by atoms with Crippen molar-refractivity contribution in [2.45, 2.75) is 12.8 Å². The zero-order valence-electron chi connectivity index (χ0n) is 17.2. The predicted octanol–water partition coefficient (Wildman–Crippen LogP) is 5.86. The molecule has 2 aromatic rings. The zero-order valence-corrected chi connectivity index (χ0v) is 18.7. The third kappa shape index (κ3) is 4.42. The molecule has 0 aromatic heterocycles. The van der Waals surface area contributed by atoms with Gasteiger partial charge in [-0.05, 0) is 60.4 Å². The SMILES string of the molecule is COc1cc(/C=C2/CC/C(=C/c3cc(Cl)c(OC)c(OC)c3)C2=O)cc(Cl)c1OC. The molecule has 0 N–H and O–H groups in total. The van der Waals surface area contributed by atoms with E-state index in [2.05, 4.69) is 0 Å². The van der Waals surface area contributed by atoms with Crippen LogP contribution in [0.2, 0.25) is 10.0 Å². The molecule has 7 heteroatoms. The minimum absolute atomic E-state index is 0.00758. The van der Waals surface area contributed by atoms with Gasteiger partial charge in [-0.3, -0.25) is 4.79 Å². The smallest absolute Gasteiger partial charge is 0.185 e. The highest BCUT2D eigenvalue weighted by atomic mass is 35.5. The van der Waals surface area contributed by atoms with Crippen LogP contribution in [0, 0.1) is 0 Å². The van der Waals surface area contributed by atoms with Crippen LogP contribution in [0.1, 0.15) is 24.0 Å². The first-order valence-corrected chi connectivity index (χ1v) is 9.96. The Kier molecular flexibility index (Phi) is 6.95. The van der Waals surface area contributed by atoms with Gasteiger partial charge >= 0.3 is 0 Å². The predicted molar refractivity (Wildman–Crippen MR) is 119 cm³/mol. The summed E-state index contributed by atoms with van der Waals surface area (Å²) in [5.74, 6) is 1.94. The summed E-state index contributed by atoms with van der Waals surface area (Å²) in [7, 11) is 6.14. The highest BCUT2D eigenvalue weighted by molar-refractivity contribution is 6.33. The maximum Gasteiger partial charge on any atom is 0.185 e. The highest BCUT2D eigenvalue weighted by Gasteiger charge is 2.24. The Labute approximate surface area is 185 Å². The largest absolute Gasteiger partial charge is 0.493 e. The van der Waals surface area contributed by atoms with Crippen molar-refractivity contribution in [1.29, 1.82) is 0 Å². The fraction of sp³-hybridized carbons (Fsp3) is 0.261. The van der Waals surface area contributed by atoms with E-state index in [1.165, 1.54) is 14.2 Å². The molecule has 30 heavy (non-hydrogen) atoms. The molecule has 0 atom stereocenters. The molecule has 0 bridgehead atoms. The fourth-order valence-corrected chi connectivity index (χ4v) is 4.02. The van der Waals surface area contributed by atoms with Crippen LogP contribution in [0.25, 0.3) is 12.2 Å². The fourth-order valence-electron chi connectivity index (χ4n) is 3.42. The third-order valence-electron chi connectivity index (χ3n) is 4.84. The van der Waals surface area contributed by atoms with E-state index in [-0.39, 0.29) is 5.78 Å². The second kappa shape index (κ2) is 9.45. The summed E-state index contributed by atoms with van der Waals surface area (Å²) in [6.45, 7) is 0. The highest BCUT2D eigenvalue weighted by Crippen LogP contribution is 2.39. The number of allylic oxidation sites excluding steroid dienone is 2. The third-order valence-corrected chi connectivity index (χ3v) is 5.40. The van der Waals surface area contributed by atoms with Crippen LogP contribution in [0.3, 0.4) is 0 Å². The number of ketones is 1. The first kappa shape index (κ1) is 22.1. The summed E-state index contributed by atoms with van der Waals surface area (Å²) < 4.78 is 21.2. The van der Waals surface area contributed by atoms with Crippen LogP contribution in [0.5, 0.6) is 23.0 Å². The molecule has 2 aromatic carbocycles. The van der Waals surface area contributed by atoms with Crippen molar-refractivity contribution in [3.05, 3.63) is 56.6 Å². The molecule has 1 aliphatic carbocycles. The van der Waals surface area contributed by atoms with E-state index in [1.807, 2.05) is 12.2 Å². The van der Waals surface area contributed by atoms with Gasteiger partial charge in [0.05, 0.1) is 38.5 Å². The topological polar surface area (TPSA) is 54.0 Å². The second-order valence-electron chi connectivity index (χ2n) is 6.64. The lowest BCUT2D eigenvalue weighted by atomic mass is 10.1. The van der Waals surface area contributed by atoms with Crippen LogP contribution in [-0.4, -0.2) is 34.2 Å². The average molecular weight is 449 g/mol. The molecule has 1 saturated carbocycles. The maximum absolute atomic E-state index is 12.9. The number of hydrogen-bond acceptors (Lipinski definition) is 5. The first-order chi connectivity index (χ1) is 14.4. The van der Waals surface area contributed by atoms with Crippen molar-refractivity contribution in [3.63, 3.8) is 0 Å². The van der Waals surface area contributed by atoms with Crippen LogP contribution in [-0.2, 0) is 4.79 Å². The minimum Gasteiger partial charge on any atom is -0.493 e. The lowest BCUT2D eigenvalue weighted by Gasteiger charge is -2.10. The molecular formula is C23H22Cl2O5. The Morgan fingerprint density at radius 2 is 1.10 bits per heavy atom. The van der Waals surface area contributed by atoms with Gasteiger partial charge in [0.1, 0.15) is 0 Å². The number of ether oxygens (including phenoxy) is 4. The summed E-state index contributed by atoms with van der Waals surface area (Å²) in [6, 6.07) is 7.08. The maximum atomic E-state index is 12.9. The van der Waals surface area contributed by atoms with Gasteiger partial charge < -0.3 is 18.9 Å². The van der Waals surface area contributed by atoms with Gasteiger partial charge in [-0.1, -0.05) is 23.2 Å². The molecule has 3 rings (SSSR count). The van der Waals surface area contributed by atoms with E-state index in [4.69, 9.17) is 42.1 Å². The number of carbonyl (C=O) groups is 1. The standard InChI is InChI=1S/C23H22Cl2O5/c1-27-19-11-13(9-17(24)22(19)29-3)7-15-5-6-16(21(15)26)8-14-10-18(25)23(30-4)20(12-14)28-2/h7-12H,5-6H2,1-4H3/b15-7-,16-8-. The quantitative estimate of drug-likeness (QED) is 0.518. The van der Waals surface area contributed by atoms with E-state index in [0.29, 0.717) is 57.0 Å². The van der Waals surface area contributed by atoms with E-state index in [0.717, 1.165) is 11.1 Å². The number of hydrogen-bond donors (Lipinski definition) is 0. The molecule has 1 fully saturated rings. The molecule has 158 valence electrons. The van der Waals surface area contributed by atoms with Crippen LogP contribution >= 0.6 is 23.2 Å². The molecular weight excluding hydrogens is 427 g/mol. The van der Waals surface area contributed by atoms with Gasteiger partial charge in [-0.25, -0.2) is 0 Å². The Bertz CT molecular complexity index is 959. The second-order valence-corrected chi connectivity index (χ2v) is 7.46. The Balaban J connectivity index is 1.91. The Morgan fingerprint density at radius 1 is 0.700 bits per heavy atom. The molecule has 0 amide bonds. The zero-order chi connectivity index (χ0) is 21.8. The molecule has 0 radical (unpaired) electrons. The number of methoxy groups -OCH3 is 4. The van der Waals surface area contributed by atoms with Crippen molar-refractivity contribution in [1.82, 2.24) is 0 Å². The monoisotopic (exact) mass is 448 g/mol. The van der Waals surface area contributed by atoms with E-state index < -0.39 is 0 Å². The summed E-state index contributed by atoms with van der Waals surface area (Å²) in [6.07, 6.45) is 4.94. The van der Waals surface area contributed by atoms with Crippen molar-refractivity contribution >= 4 is 41.1 Å². The van der Waals surface area contributed by atoms with E-state index in [1.54, 1.807) is 38.5 Å². The number of carbonyl (C=O) groups excluding carboxylic acids is 1. The van der Waals surface area contributed by atoms with Gasteiger partial charge in [-0.2, -0.15) is 0 Å².